The highest BCUT2D eigenvalue weighted by Crippen LogP contribution is 2.26. The normalized spacial score (nSPS) is 22.9. The summed E-state index contributed by atoms with van der Waals surface area (Å²) in [5.74, 6) is -0.255. The van der Waals surface area contributed by atoms with Gasteiger partial charge in [0, 0.05) is 13.1 Å². The molecular formula is C10H18N4O4S. The summed E-state index contributed by atoms with van der Waals surface area (Å²) in [6, 6.07) is -0.442. The molecule has 9 heteroatoms. The molecule has 0 aliphatic carbocycles. The molecule has 0 radical (unpaired) electrons. The lowest BCUT2D eigenvalue weighted by atomic mass is 9.88. The zero-order valence-electron chi connectivity index (χ0n) is 10.7. The van der Waals surface area contributed by atoms with E-state index in [0.717, 1.165) is 11.2 Å². The summed E-state index contributed by atoms with van der Waals surface area (Å²) < 4.78 is 24.1. The van der Waals surface area contributed by atoms with Gasteiger partial charge in [0.25, 0.3) is 5.91 Å². The average molecular weight is 290 g/mol. The molecule has 3 N–H and O–H groups in total. The Kier molecular flexibility index (Phi) is 3.79. The lowest BCUT2D eigenvalue weighted by Gasteiger charge is -2.31. The number of carbonyl (C=O) groups excluding carboxylic acids is 2. The fourth-order valence-electron chi connectivity index (χ4n) is 2.41. The lowest BCUT2D eigenvalue weighted by molar-refractivity contribution is -0.132. The lowest BCUT2D eigenvalue weighted by Crippen LogP contribution is -2.54. The van der Waals surface area contributed by atoms with Gasteiger partial charge in [-0.3, -0.25) is 9.69 Å². The Morgan fingerprint density at radius 3 is 2.53 bits per heavy atom. The fraction of sp³-hybridized carbons (Fsp3) is 0.800. The summed E-state index contributed by atoms with van der Waals surface area (Å²) in [7, 11) is -3.31. The van der Waals surface area contributed by atoms with E-state index in [1.807, 2.05) is 0 Å². The molecule has 2 rings (SSSR count). The van der Waals surface area contributed by atoms with Crippen LogP contribution in [0.3, 0.4) is 0 Å². The van der Waals surface area contributed by atoms with Gasteiger partial charge in [0.1, 0.15) is 5.54 Å². The molecule has 108 valence electrons. The summed E-state index contributed by atoms with van der Waals surface area (Å²) in [6.45, 7) is 1.45. The first-order valence-corrected chi connectivity index (χ1v) is 8.03. The summed E-state index contributed by atoms with van der Waals surface area (Å²) in [5, 5.41) is 5.87. The molecular weight excluding hydrogens is 272 g/mol. The maximum absolute atomic E-state index is 12.3. The van der Waals surface area contributed by atoms with Crippen LogP contribution in [0.4, 0.5) is 4.79 Å². The molecule has 0 saturated carbocycles. The monoisotopic (exact) mass is 290 g/mol. The zero-order chi connectivity index (χ0) is 14.1. The number of sulfonamides is 1. The topological polar surface area (TPSA) is 108 Å². The van der Waals surface area contributed by atoms with Crippen molar-refractivity contribution < 1.29 is 18.0 Å². The van der Waals surface area contributed by atoms with E-state index in [4.69, 9.17) is 0 Å². The van der Waals surface area contributed by atoms with E-state index < -0.39 is 21.6 Å². The molecule has 19 heavy (non-hydrogen) atoms. The van der Waals surface area contributed by atoms with Crippen molar-refractivity contribution in [2.45, 2.75) is 18.4 Å². The van der Waals surface area contributed by atoms with Crippen molar-refractivity contribution in [2.75, 3.05) is 32.4 Å². The quantitative estimate of drug-likeness (QED) is 0.530. The highest BCUT2D eigenvalue weighted by Gasteiger charge is 2.51. The average Bonchev–Trinajstić information content (AvgIpc) is 2.53. The van der Waals surface area contributed by atoms with Gasteiger partial charge >= 0.3 is 6.03 Å². The van der Waals surface area contributed by atoms with E-state index in [9.17, 15) is 18.0 Å². The molecule has 0 atom stereocenters. The van der Waals surface area contributed by atoms with Crippen LogP contribution in [0, 0.1) is 0 Å². The van der Waals surface area contributed by atoms with Crippen molar-refractivity contribution in [1.82, 2.24) is 20.3 Å². The van der Waals surface area contributed by atoms with Crippen LogP contribution in [-0.2, 0) is 14.8 Å². The largest absolute Gasteiger partial charge is 0.325 e. The Morgan fingerprint density at radius 2 is 1.95 bits per heavy atom. The Hall–Kier alpha value is -1.19. The second-order valence-corrected chi connectivity index (χ2v) is 6.72. The van der Waals surface area contributed by atoms with Crippen LogP contribution < -0.4 is 15.4 Å². The van der Waals surface area contributed by atoms with E-state index in [1.54, 1.807) is 0 Å². The molecule has 0 aromatic carbocycles. The Morgan fingerprint density at radius 1 is 1.32 bits per heavy atom. The predicted molar refractivity (Wildman–Crippen MR) is 67.9 cm³/mol. The van der Waals surface area contributed by atoms with Gasteiger partial charge < -0.3 is 10.6 Å². The third-order valence-corrected chi connectivity index (χ3v) is 4.13. The molecule has 3 amide bonds. The third kappa shape index (κ3) is 3.04. The Labute approximate surface area is 112 Å². The van der Waals surface area contributed by atoms with Gasteiger partial charge in [-0.05, 0) is 25.9 Å². The number of carbonyl (C=O) groups is 2. The van der Waals surface area contributed by atoms with Crippen molar-refractivity contribution in [2.24, 2.45) is 0 Å². The Balaban J connectivity index is 1.98. The number of piperidine rings is 1. The minimum Gasteiger partial charge on any atom is -0.323 e. The SMILES string of the molecule is CS(=O)(=O)NCCN1C(=O)NC2(CCNCC2)C1=O. The van der Waals surface area contributed by atoms with Crippen molar-refractivity contribution in [1.29, 1.82) is 0 Å². The molecule has 2 fully saturated rings. The second-order valence-electron chi connectivity index (χ2n) is 4.89. The van der Waals surface area contributed by atoms with Gasteiger partial charge in [-0.1, -0.05) is 0 Å². The maximum Gasteiger partial charge on any atom is 0.325 e. The summed E-state index contributed by atoms with van der Waals surface area (Å²) >= 11 is 0. The molecule has 1 spiro atoms. The van der Waals surface area contributed by atoms with E-state index in [1.165, 1.54) is 0 Å². The van der Waals surface area contributed by atoms with Gasteiger partial charge in [0.15, 0.2) is 0 Å². The van der Waals surface area contributed by atoms with Crippen LogP contribution in [0.15, 0.2) is 0 Å². The zero-order valence-corrected chi connectivity index (χ0v) is 11.5. The van der Waals surface area contributed by atoms with Crippen LogP contribution in [0.1, 0.15) is 12.8 Å². The highest BCUT2D eigenvalue weighted by atomic mass is 32.2. The predicted octanol–water partition coefficient (Wildman–Crippen LogP) is -1.79. The van der Waals surface area contributed by atoms with Gasteiger partial charge in [-0.15, -0.1) is 0 Å². The van der Waals surface area contributed by atoms with Gasteiger partial charge in [0.05, 0.1) is 6.26 Å². The number of hydrogen-bond donors (Lipinski definition) is 3. The first-order chi connectivity index (χ1) is 8.84. The highest BCUT2D eigenvalue weighted by molar-refractivity contribution is 7.88. The van der Waals surface area contributed by atoms with E-state index in [-0.39, 0.29) is 19.0 Å². The minimum atomic E-state index is -3.31. The molecule has 2 heterocycles. The standard InChI is InChI=1S/C10H18N4O4S/c1-19(17,18)12-6-7-14-8(15)10(13-9(14)16)2-4-11-5-3-10/h11-12H,2-7H2,1H3,(H,13,16). The Bertz CT molecular complexity index is 484. The second kappa shape index (κ2) is 5.06. The summed E-state index contributed by atoms with van der Waals surface area (Å²) in [4.78, 5) is 25.2. The van der Waals surface area contributed by atoms with Gasteiger partial charge in [-0.25, -0.2) is 17.9 Å². The van der Waals surface area contributed by atoms with Crippen molar-refractivity contribution >= 4 is 22.0 Å². The van der Waals surface area contributed by atoms with Gasteiger partial charge in [-0.2, -0.15) is 0 Å². The van der Waals surface area contributed by atoms with Crippen LogP contribution in [-0.4, -0.2) is 63.2 Å². The number of imide groups is 1. The number of hydrogen-bond acceptors (Lipinski definition) is 5. The minimum absolute atomic E-state index is 0.0341. The molecule has 2 saturated heterocycles. The summed E-state index contributed by atoms with van der Waals surface area (Å²) in [5.41, 5.74) is -0.798. The number of nitrogens with zero attached hydrogens (tertiary/aromatic N) is 1. The first kappa shape index (κ1) is 14.2. The molecule has 0 aromatic heterocycles. The molecule has 2 aliphatic heterocycles. The van der Waals surface area contributed by atoms with Gasteiger partial charge in [0.2, 0.25) is 10.0 Å². The fourth-order valence-corrected chi connectivity index (χ4v) is 2.88. The van der Waals surface area contributed by atoms with Crippen LogP contribution in [0.5, 0.6) is 0 Å². The maximum atomic E-state index is 12.3. The number of rotatable bonds is 4. The molecule has 2 aliphatic rings. The number of urea groups is 1. The van der Waals surface area contributed by atoms with Crippen LogP contribution in [0.25, 0.3) is 0 Å². The smallest absolute Gasteiger partial charge is 0.323 e. The molecule has 0 bridgehead atoms. The van der Waals surface area contributed by atoms with E-state index in [0.29, 0.717) is 25.9 Å². The summed E-state index contributed by atoms with van der Waals surface area (Å²) in [6.07, 6.45) is 2.16. The molecule has 0 aromatic rings. The number of nitrogens with one attached hydrogen (secondary N) is 3. The third-order valence-electron chi connectivity index (χ3n) is 3.40. The van der Waals surface area contributed by atoms with Crippen molar-refractivity contribution in [3.63, 3.8) is 0 Å². The van der Waals surface area contributed by atoms with Crippen molar-refractivity contribution in [3.05, 3.63) is 0 Å². The van der Waals surface area contributed by atoms with Crippen LogP contribution >= 0.6 is 0 Å². The van der Waals surface area contributed by atoms with Crippen LogP contribution in [0.2, 0.25) is 0 Å². The molecule has 8 nitrogen and oxygen atoms in total. The molecule has 0 unspecified atom stereocenters. The number of amides is 3. The van der Waals surface area contributed by atoms with Crippen molar-refractivity contribution in [3.8, 4) is 0 Å². The van der Waals surface area contributed by atoms with E-state index >= 15 is 0 Å². The van der Waals surface area contributed by atoms with E-state index in [2.05, 4.69) is 15.4 Å². The first-order valence-electron chi connectivity index (χ1n) is 6.14.